The summed E-state index contributed by atoms with van der Waals surface area (Å²) in [5.74, 6) is -4.43. The van der Waals surface area contributed by atoms with Gasteiger partial charge in [0.15, 0.2) is 30.9 Å². The van der Waals surface area contributed by atoms with Gasteiger partial charge in [-0.1, -0.05) is 96.1 Å². The summed E-state index contributed by atoms with van der Waals surface area (Å²) in [4.78, 5) is 71.1. The van der Waals surface area contributed by atoms with E-state index in [-0.39, 0.29) is 47.4 Å². The van der Waals surface area contributed by atoms with E-state index >= 15 is 0 Å². The average Bonchev–Trinajstić information content (AvgIpc) is 3.39. The van der Waals surface area contributed by atoms with Crippen LogP contribution >= 0.6 is 0 Å². The highest BCUT2D eigenvalue weighted by Crippen LogP contribution is 2.35. The van der Waals surface area contributed by atoms with Crippen LogP contribution in [0.1, 0.15) is 58.2 Å². The first-order valence-electron chi connectivity index (χ1n) is 21.8. The Morgan fingerprint density at radius 3 is 1.33 bits per heavy atom. The number of aliphatic hydroxyl groups excluding tert-OH is 2. The number of azide groups is 1. The van der Waals surface area contributed by atoms with Crippen LogP contribution in [-0.4, -0.2) is 128 Å². The molecule has 2 saturated heterocycles. The fraction of sp³-hybridized carbons (Fsp3) is 0.300. The maximum Gasteiger partial charge on any atom is 0.338 e. The maximum absolute atomic E-state index is 14.2. The summed E-state index contributed by atoms with van der Waals surface area (Å²) in [6.07, 6.45) is -17.4. The number of carbonyl (C=O) groups is 5. The smallest absolute Gasteiger partial charge is 0.338 e. The molecule has 7 rings (SSSR count). The first-order chi connectivity index (χ1) is 33.6. The second-order valence-electron chi connectivity index (χ2n) is 15.5. The molecule has 5 aromatic carbocycles. The Morgan fingerprint density at radius 1 is 0.493 bits per heavy atom. The Hall–Kier alpha value is -7.48. The number of hydrogen-bond donors (Lipinski definition) is 2. The van der Waals surface area contributed by atoms with Crippen LogP contribution in [0.2, 0.25) is 0 Å². The largest absolute Gasteiger partial charge is 0.459 e. The Morgan fingerprint density at radius 2 is 0.884 bits per heavy atom. The molecule has 358 valence electrons. The number of hydrogen-bond acceptors (Lipinski definition) is 17. The van der Waals surface area contributed by atoms with E-state index in [9.17, 15) is 34.2 Å². The van der Waals surface area contributed by atoms with Crippen molar-refractivity contribution in [2.75, 3.05) is 26.4 Å². The number of aliphatic hydroxyl groups is 2. The summed E-state index contributed by atoms with van der Waals surface area (Å²) in [5, 5.41) is 26.8. The Labute approximate surface area is 394 Å². The minimum atomic E-state index is -1.99. The number of rotatable bonds is 19. The van der Waals surface area contributed by atoms with Gasteiger partial charge in [-0.2, -0.15) is 0 Å². The molecule has 0 radical (unpaired) electrons. The lowest BCUT2D eigenvalue weighted by molar-refractivity contribution is -0.357. The molecule has 0 saturated carbocycles. The van der Waals surface area contributed by atoms with Gasteiger partial charge < -0.3 is 52.8 Å². The number of nitrogens with zero attached hydrogens (tertiary/aromatic N) is 3. The first kappa shape index (κ1) is 49.4. The Bertz CT molecular complexity index is 2520. The lowest BCUT2D eigenvalue weighted by Crippen LogP contribution is -2.66. The molecule has 0 aromatic heterocycles. The van der Waals surface area contributed by atoms with E-state index in [0.29, 0.717) is 0 Å². The fourth-order valence-corrected chi connectivity index (χ4v) is 7.31. The van der Waals surface area contributed by atoms with Crippen molar-refractivity contribution >= 4 is 29.8 Å². The minimum absolute atomic E-state index is 0.00603. The van der Waals surface area contributed by atoms with Crippen LogP contribution in [-0.2, 0) is 42.6 Å². The van der Waals surface area contributed by atoms with E-state index in [4.69, 9.17) is 48.2 Å². The standard InChI is InChI=1S/C50H47N3O16/c51-53-52-27-16-28-61-49-43(68-48(60)35-25-14-5-15-26-35)42(67-47(59)34-23-12-4-13-24-34)40(37(65-49)30-63-45(57)32-19-8-2-9-20-32)69-50-41(66-46(58)33-21-10-3-11-22-33)39(55)38(54)36(64-50)29-62-44(56)31-17-6-1-7-18-31/h1-15,17-26,36-43,49-50,54-55H,16,27-30H2/t36?,37?,38-,39?,40+,41?,42?,43?,49+,50-/m0/s1. The van der Waals surface area contributed by atoms with Crippen LogP contribution in [0.4, 0.5) is 0 Å². The van der Waals surface area contributed by atoms with Crippen LogP contribution in [0.5, 0.6) is 0 Å². The summed E-state index contributed by atoms with van der Waals surface area (Å²) >= 11 is 0. The van der Waals surface area contributed by atoms with Gasteiger partial charge in [-0.3, -0.25) is 0 Å². The molecule has 2 aliphatic heterocycles. The molecule has 2 aliphatic rings. The van der Waals surface area contributed by atoms with Crippen LogP contribution in [0, 0.1) is 0 Å². The number of benzene rings is 5. The van der Waals surface area contributed by atoms with Gasteiger partial charge in [0.05, 0.1) is 34.4 Å². The third-order valence-corrected chi connectivity index (χ3v) is 10.8. The normalized spacial score (nSPS) is 24.1. The van der Waals surface area contributed by atoms with E-state index in [1.54, 1.807) is 91.0 Å². The molecular formula is C50H47N3O16. The molecule has 2 fully saturated rings. The van der Waals surface area contributed by atoms with Gasteiger partial charge in [0.2, 0.25) is 0 Å². The third-order valence-electron chi connectivity index (χ3n) is 10.8. The van der Waals surface area contributed by atoms with E-state index in [0.717, 1.165) is 0 Å². The van der Waals surface area contributed by atoms with Crippen molar-refractivity contribution < 1.29 is 76.8 Å². The molecule has 0 bridgehead atoms. The molecule has 0 aliphatic carbocycles. The summed E-state index contributed by atoms with van der Waals surface area (Å²) in [5.41, 5.74) is 9.39. The van der Waals surface area contributed by atoms with Crippen molar-refractivity contribution in [3.8, 4) is 0 Å². The summed E-state index contributed by atoms with van der Waals surface area (Å²) in [6.45, 7) is -1.45. The van der Waals surface area contributed by atoms with E-state index < -0.39 is 104 Å². The molecule has 19 heteroatoms. The molecule has 19 nitrogen and oxygen atoms in total. The molecular weight excluding hydrogens is 899 g/mol. The predicted octanol–water partition coefficient (Wildman–Crippen LogP) is 5.65. The highest BCUT2D eigenvalue weighted by Gasteiger charge is 2.56. The summed E-state index contributed by atoms with van der Waals surface area (Å²) in [7, 11) is 0. The molecule has 2 heterocycles. The van der Waals surface area contributed by atoms with Gasteiger partial charge in [-0.05, 0) is 72.6 Å². The number of carbonyl (C=O) groups excluding carboxylic acids is 5. The third kappa shape index (κ3) is 13.2. The van der Waals surface area contributed by atoms with E-state index in [1.165, 1.54) is 60.7 Å². The molecule has 2 N–H and O–H groups in total. The Kier molecular flexibility index (Phi) is 17.6. The highest BCUT2D eigenvalue weighted by atomic mass is 16.8. The second-order valence-corrected chi connectivity index (χ2v) is 15.5. The quantitative estimate of drug-likeness (QED) is 0.0253. The van der Waals surface area contributed by atoms with Crippen LogP contribution in [0.3, 0.4) is 0 Å². The van der Waals surface area contributed by atoms with Gasteiger partial charge in [-0.25, -0.2) is 24.0 Å². The van der Waals surface area contributed by atoms with Crippen molar-refractivity contribution in [3.05, 3.63) is 190 Å². The maximum atomic E-state index is 14.2. The van der Waals surface area contributed by atoms with Gasteiger partial charge >= 0.3 is 29.8 Å². The zero-order valence-corrected chi connectivity index (χ0v) is 36.7. The zero-order chi connectivity index (χ0) is 48.5. The highest BCUT2D eigenvalue weighted by molar-refractivity contribution is 5.91. The van der Waals surface area contributed by atoms with Crippen molar-refractivity contribution in [2.24, 2.45) is 5.11 Å². The molecule has 6 unspecified atom stereocenters. The molecule has 69 heavy (non-hydrogen) atoms. The minimum Gasteiger partial charge on any atom is -0.459 e. The molecule has 5 aromatic rings. The van der Waals surface area contributed by atoms with Crippen molar-refractivity contribution in [3.63, 3.8) is 0 Å². The lowest BCUT2D eigenvalue weighted by atomic mass is 9.96. The van der Waals surface area contributed by atoms with Crippen LogP contribution in [0.15, 0.2) is 157 Å². The van der Waals surface area contributed by atoms with Gasteiger partial charge in [0.1, 0.15) is 43.7 Å². The Balaban J connectivity index is 1.30. The SMILES string of the molecule is [N-]=[N+]=NCCCO[C@@H]1OC(COC(=O)c2ccccc2)[C@@H](O[C@@H]2OC(COC(=O)c3ccccc3)[C@H](O)C(O)C2OC(=O)c2ccccc2)C(OC(=O)c2ccccc2)C1OC(=O)c1ccccc1. The van der Waals surface area contributed by atoms with E-state index in [2.05, 4.69) is 10.0 Å². The zero-order valence-electron chi connectivity index (χ0n) is 36.7. The molecule has 0 spiro atoms. The van der Waals surface area contributed by atoms with Crippen molar-refractivity contribution in [2.45, 2.75) is 67.8 Å². The number of ether oxygens (including phenoxy) is 9. The predicted molar refractivity (Wildman–Crippen MR) is 239 cm³/mol. The van der Waals surface area contributed by atoms with Gasteiger partial charge in [0, 0.05) is 11.5 Å². The monoisotopic (exact) mass is 945 g/mol. The van der Waals surface area contributed by atoms with Crippen LogP contribution in [0.25, 0.3) is 10.4 Å². The topological polar surface area (TPSA) is 258 Å². The van der Waals surface area contributed by atoms with Crippen molar-refractivity contribution in [1.82, 2.24) is 0 Å². The first-order valence-corrected chi connectivity index (χ1v) is 21.8. The van der Waals surface area contributed by atoms with E-state index in [1.807, 2.05) is 0 Å². The lowest BCUT2D eigenvalue weighted by Gasteiger charge is -2.48. The summed E-state index contributed by atoms with van der Waals surface area (Å²) < 4.78 is 54.8. The van der Waals surface area contributed by atoms with Gasteiger partial charge in [-0.15, -0.1) is 0 Å². The fourth-order valence-electron chi connectivity index (χ4n) is 7.31. The number of esters is 5. The molecule has 10 atom stereocenters. The average molecular weight is 946 g/mol. The second kappa shape index (κ2) is 24.5. The van der Waals surface area contributed by atoms with Crippen molar-refractivity contribution in [1.29, 1.82) is 0 Å². The van der Waals surface area contributed by atoms with Crippen LogP contribution < -0.4 is 0 Å². The summed E-state index contributed by atoms with van der Waals surface area (Å²) in [6, 6.07) is 39.2. The van der Waals surface area contributed by atoms with Gasteiger partial charge in [0.25, 0.3) is 0 Å². The molecule has 0 amide bonds.